The van der Waals surface area contributed by atoms with Gasteiger partial charge in [-0.3, -0.25) is 9.69 Å². The second kappa shape index (κ2) is 8.69. The molecular formula is C22H28N4O2. The van der Waals surface area contributed by atoms with Crippen molar-refractivity contribution in [3.63, 3.8) is 0 Å². The van der Waals surface area contributed by atoms with E-state index in [0.717, 1.165) is 57.8 Å². The summed E-state index contributed by atoms with van der Waals surface area (Å²) in [6, 6.07) is 10.6. The van der Waals surface area contributed by atoms with Crippen molar-refractivity contribution in [3.8, 4) is 0 Å². The Labute approximate surface area is 166 Å². The van der Waals surface area contributed by atoms with E-state index in [1.807, 2.05) is 6.92 Å². The van der Waals surface area contributed by atoms with Gasteiger partial charge in [-0.2, -0.15) is 0 Å². The van der Waals surface area contributed by atoms with Crippen molar-refractivity contribution >= 4 is 11.8 Å². The molecule has 0 unspecified atom stereocenters. The number of anilines is 1. The van der Waals surface area contributed by atoms with Gasteiger partial charge in [0.2, 0.25) is 0 Å². The molecule has 6 heteroatoms. The molecule has 0 N–H and O–H groups in total. The van der Waals surface area contributed by atoms with Gasteiger partial charge < -0.3 is 9.64 Å². The summed E-state index contributed by atoms with van der Waals surface area (Å²) in [5.74, 6) is 1.01. The maximum absolute atomic E-state index is 12.0. The average molecular weight is 380 g/mol. The third-order valence-electron chi connectivity index (χ3n) is 5.72. The van der Waals surface area contributed by atoms with Crippen molar-refractivity contribution in [1.82, 2.24) is 14.9 Å². The number of hydrogen-bond donors (Lipinski definition) is 0. The summed E-state index contributed by atoms with van der Waals surface area (Å²) < 4.78 is 5.19. The molecule has 1 saturated heterocycles. The average Bonchev–Trinajstić information content (AvgIpc) is 2.74. The molecule has 0 bridgehead atoms. The number of piperidine rings is 1. The smallest absolute Gasteiger partial charge is 0.309 e. The fourth-order valence-electron chi connectivity index (χ4n) is 4.22. The van der Waals surface area contributed by atoms with Crippen LogP contribution in [0.4, 0.5) is 5.82 Å². The van der Waals surface area contributed by atoms with E-state index < -0.39 is 0 Å². The first kappa shape index (κ1) is 18.9. The molecule has 0 radical (unpaired) electrons. The minimum Gasteiger partial charge on any atom is -0.466 e. The SMILES string of the molecule is CCOC(=O)C1CCN(c2ncnc3c2CN(Cc2ccccc2)CC3)CC1. The predicted molar refractivity (Wildman–Crippen MR) is 108 cm³/mol. The van der Waals surface area contributed by atoms with Gasteiger partial charge in [-0.25, -0.2) is 9.97 Å². The number of rotatable bonds is 5. The number of ether oxygens (including phenoxy) is 1. The van der Waals surface area contributed by atoms with Crippen molar-refractivity contribution in [1.29, 1.82) is 0 Å². The van der Waals surface area contributed by atoms with Crippen LogP contribution in [0.5, 0.6) is 0 Å². The Hall–Kier alpha value is -2.47. The lowest BCUT2D eigenvalue weighted by Gasteiger charge is -2.35. The number of carbonyl (C=O) groups is 1. The molecule has 28 heavy (non-hydrogen) atoms. The van der Waals surface area contributed by atoms with Gasteiger partial charge in [-0.05, 0) is 25.3 Å². The molecule has 0 saturated carbocycles. The quantitative estimate of drug-likeness (QED) is 0.744. The van der Waals surface area contributed by atoms with Crippen molar-refractivity contribution in [2.75, 3.05) is 31.1 Å². The fraction of sp³-hybridized carbons (Fsp3) is 0.500. The van der Waals surface area contributed by atoms with Gasteiger partial charge in [0, 0.05) is 44.7 Å². The van der Waals surface area contributed by atoms with Crippen molar-refractivity contribution in [2.24, 2.45) is 5.92 Å². The van der Waals surface area contributed by atoms with Gasteiger partial charge in [-0.15, -0.1) is 0 Å². The molecule has 1 fully saturated rings. The lowest BCUT2D eigenvalue weighted by molar-refractivity contribution is -0.148. The molecule has 0 spiro atoms. The second-order valence-corrected chi connectivity index (χ2v) is 7.58. The van der Waals surface area contributed by atoms with Crippen LogP contribution in [0.15, 0.2) is 36.7 Å². The van der Waals surface area contributed by atoms with Crippen LogP contribution in [0.1, 0.15) is 36.6 Å². The van der Waals surface area contributed by atoms with E-state index in [0.29, 0.717) is 6.61 Å². The highest BCUT2D eigenvalue weighted by Gasteiger charge is 2.29. The Morgan fingerprint density at radius 3 is 2.68 bits per heavy atom. The molecule has 1 aromatic heterocycles. The zero-order valence-electron chi connectivity index (χ0n) is 16.5. The summed E-state index contributed by atoms with van der Waals surface area (Å²) >= 11 is 0. The van der Waals surface area contributed by atoms with Gasteiger partial charge in [0.25, 0.3) is 0 Å². The number of nitrogens with zero attached hydrogens (tertiary/aromatic N) is 4. The van der Waals surface area contributed by atoms with Gasteiger partial charge in [0.1, 0.15) is 12.1 Å². The van der Waals surface area contributed by atoms with E-state index >= 15 is 0 Å². The number of hydrogen-bond acceptors (Lipinski definition) is 6. The van der Waals surface area contributed by atoms with Crippen LogP contribution in [0, 0.1) is 5.92 Å². The summed E-state index contributed by atoms with van der Waals surface area (Å²) in [4.78, 5) is 26.0. The molecule has 0 aliphatic carbocycles. The summed E-state index contributed by atoms with van der Waals surface area (Å²) in [7, 11) is 0. The molecule has 0 atom stereocenters. The normalized spacial score (nSPS) is 18.0. The summed E-state index contributed by atoms with van der Waals surface area (Å²) in [6.45, 7) is 6.83. The van der Waals surface area contributed by atoms with Crippen LogP contribution in [-0.4, -0.2) is 47.1 Å². The highest BCUT2D eigenvalue weighted by molar-refractivity contribution is 5.72. The minimum atomic E-state index is -0.0547. The topological polar surface area (TPSA) is 58.6 Å². The second-order valence-electron chi connectivity index (χ2n) is 7.58. The zero-order chi connectivity index (χ0) is 19.3. The van der Waals surface area contributed by atoms with E-state index in [2.05, 4.69) is 50.1 Å². The van der Waals surface area contributed by atoms with Gasteiger partial charge in [-0.1, -0.05) is 30.3 Å². The fourth-order valence-corrected chi connectivity index (χ4v) is 4.22. The molecule has 2 aliphatic rings. The summed E-state index contributed by atoms with van der Waals surface area (Å²) in [6.07, 6.45) is 4.30. The number of benzene rings is 1. The van der Waals surface area contributed by atoms with Crippen LogP contribution in [-0.2, 0) is 29.0 Å². The van der Waals surface area contributed by atoms with Crippen molar-refractivity contribution < 1.29 is 9.53 Å². The standard InChI is InChI=1S/C22H28N4O2/c1-2-28-22(27)18-8-12-26(13-9-18)21-19-15-25(11-10-20(19)23-16-24-21)14-17-6-4-3-5-7-17/h3-7,16,18H,2,8-15H2,1H3. The Kier molecular flexibility index (Phi) is 5.86. The minimum absolute atomic E-state index is 0.0171. The highest BCUT2D eigenvalue weighted by Crippen LogP contribution is 2.30. The number of carbonyl (C=O) groups excluding carboxylic acids is 1. The lowest BCUT2D eigenvalue weighted by Crippen LogP contribution is -2.39. The largest absolute Gasteiger partial charge is 0.466 e. The molecule has 4 rings (SSSR count). The maximum atomic E-state index is 12.0. The lowest BCUT2D eigenvalue weighted by atomic mass is 9.96. The first-order chi connectivity index (χ1) is 13.7. The maximum Gasteiger partial charge on any atom is 0.309 e. The Bertz CT molecular complexity index is 803. The Balaban J connectivity index is 1.45. The first-order valence-electron chi connectivity index (χ1n) is 10.2. The summed E-state index contributed by atoms with van der Waals surface area (Å²) in [5.41, 5.74) is 3.75. The third-order valence-corrected chi connectivity index (χ3v) is 5.72. The molecular weight excluding hydrogens is 352 g/mol. The van der Waals surface area contributed by atoms with Gasteiger partial charge >= 0.3 is 5.97 Å². The van der Waals surface area contributed by atoms with Crippen LogP contribution in [0.2, 0.25) is 0 Å². The van der Waals surface area contributed by atoms with Crippen molar-refractivity contribution in [3.05, 3.63) is 53.5 Å². The molecule has 2 aromatic rings. The Morgan fingerprint density at radius 2 is 1.93 bits per heavy atom. The number of aromatic nitrogens is 2. The predicted octanol–water partition coefficient (Wildman–Crippen LogP) is 2.81. The highest BCUT2D eigenvalue weighted by atomic mass is 16.5. The van der Waals surface area contributed by atoms with Crippen LogP contribution in [0.25, 0.3) is 0 Å². The van der Waals surface area contributed by atoms with Gasteiger partial charge in [0.15, 0.2) is 0 Å². The van der Waals surface area contributed by atoms with E-state index in [1.54, 1.807) is 6.33 Å². The number of fused-ring (bicyclic) bond motifs is 1. The van der Waals surface area contributed by atoms with Crippen LogP contribution in [0.3, 0.4) is 0 Å². The van der Waals surface area contributed by atoms with E-state index in [4.69, 9.17) is 4.74 Å². The molecule has 3 heterocycles. The van der Waals surface area contributed by atoms with E-state index in [9.17, 15) is 4.79 Å². The van der Waals surface area contributed by atoms with Crippen LogP contribution < -0.4 is 4.90 Å². The summed E-state index contributed by atoms with van der Waals surface area (Å²) in [5, 5.41) is 0. The molecule has 0 amide bonds. The molecule has 6 nitrogen and oxygen atoms in total. The Morgan fingerprint density at radius 1 is 1.14 bits per heavy atom. The van der Waals surface area contributed by atoms with Crippen molar-refractivity contribution in [2.45, 2.75) is 39.3 Å². The first-order valence-corrected chi connectivity index (χ1v) is 10.2. The van der Waals surface area contributed by atoms with E-state index in [-0.39, 0.29) is 11.9 Å². The molecule has 2 aliphatic heterocycles. The molecule has 148 valence electrons. The molecule has 1 aromatic carbocycles. The van der Waals surface area contributed by atoms with Crippen LogP contribution >= 0.6 is 0 Å². The van der Waals surface area contributed by atoms with Gasteiger partial charge in [0.05, 0.1) is 18.2 Å². The number of esters is 1. The zero-order valence-corrected chi connectivity index (χ0v) is 16.5. The van der Waals surface area contributed by atoms with E-state index in [1.165, 1.54) is 16.8 Å². The third kappa shape index (κ3) is 4.17. The monoisotopic (exact) mass is 380 g/mol.